The average Bonchev–Trinajstić information content (AvgIpc) is 3.06. The SMILES string of the molecule is NC1=CN(C(F)(F)F)Cc2c1nnn2CC1CN(Cc2ccccn2)CCO1. The molecule has 0 amide bonds. The molecule has 2 N–H and O–H groups in total. The van der Waals surface area contributed by atoms with E-state index >= 15 is 0 Å². The number of ether oxygens (including phenoxy) is 1. The number of hydrogen-bond acceptors (Lipinski definition) is 7. The molecule has 0 spiro atoms. The first-order valence-electron chi connectivity index (χ1n) is 8.87. The highest BCUT2D eigenvalue weighted by atomic mass is 19.4. The predicted octanol–water partition coefficient (Wildman–Crippen LogP) is 1.17. The molecule has 8 nitrogen and oxygen atoms in total. The van der Waals surface area contributed by atoms with Gasteiger partial charge in [0.2, 0.25) is 0 Å². The van der Waals surface area contributed by atoms with Crippen LogP contribution in [0.2, 0.25) is 0 Å². The monoisotopic (exact) mass is 395 g/mol. The maximum Gasteiger partial charge on any atom is 0.484 e. The lowest BCUT2D eigenvalue weighted by molar-refractivity contribution is -0.231. The Morgan fingerprint density at radius 1 is 1.29 bits per heavy atom. The summed E-state index contributed by atoms with van der Waals surface area (Å²) in [4.78, 5) is 6.77. The van der Waals surface area contributed by atoms with Crippen LogP contribution in [0.1, 0.15) is 17.1 Å². The predicted molar refractivity (Wildman–Crippen MR) is 93.0 cm³/mol. The number of nitrogens with zero attached hydrogens (tertiary/aromatic N) is 6. The maximum absolute atomic E-state index is 13.1. The molecule has 0 radical (unpaired) electrons. The number of pyridine rings is 1. The van der Waals surface area contributed by atoms with Crippen molar-refractivity contribution >= 4 is 5.70 Å². The molecule has 28 heavy (non-hydrogen) atoms. The molecule has 11 heteroatoms. The number of hydrogen-bond donors (Lipinski definition) is 1. The number of fused-ring (bicyclic) bond motifs is 1. The Bertz CT molecular complexity index is 852. The van der Waals surface area contributed by atoms with Crippen molar-refractivity contribution in [3.8, 4) is 0 Å². The van der Waals surface area contributed by atoms with Crippen LogP contribution in [0.25, 0.3) is 5.70 Å². The summed E-state index contributed by atoms with van der Waals surface area (Å²) in [6, 6.07) is 5.76. The van der Waals surface area contributed by atoms with Crippen molar-refractivity contribution in [3.63, 3.8) is 0 Å². The van der Waals surface area contributed by atoms with E-state index in [1.807, 2.05) is 18.2 Å². The van der Waals surface area contributed by atoms with E-state index in [2.05, 4.69) is 20.2 Å². The van der Waals surface area contributed by atoms with E-state index in [-0.39, 0.29) is 23.2 Å². The fourth-order valence-corrected chi connectivity index (χ4v) is 3.41. The second-order valence-corrected chi connectivity index (χ2v) is 6.80. The molecule has 2 aliphatic heterocycles. The Morgan fingerprint density at radius 2 is 2.14 bits per heavy atom. The van der Waals surface area contributed by atoms with Crippen LogP contribution in [0.15, 0.2) is 30.6 Å². The second-order valence-electron chi connectivity index (χ2n) is 6.80. The van der Waals surface area contributed by atoms with Crippen LogP contribution in [-0.4, -0.2) is 61.9 Å². The van der Waals surface area contributed by atoms with Gasteiger partial charge in [0.15, 0.2) is 0 Å². The smallest absolute Gasteiger partial charge is 0.396 e. The highest BCUT2D eigenvalue weighted by molar-refractivity contribution is 5.62. The van der Waals surface area contributed by atoms with Crippen LogP contribution in [0.4, 0.5) is 13.2 Å². The summed E-state index contributed by atoms with van der Waals surface area (Å²) >= 11 is 0. The van der Waals surface area contributed by atoms with Crippen LogP contribution in [0.5, 0.6) is 0 Å². The fraction of sp³-hybridized carbons (Fsp3) is 0.471. The highest BCUT2D eigenvalue weighted by Gasteiger charge is 2.39. The van der Waals surface area contributed by atoms with E-state index in [1.165, 1.54) is 4.68 Å². The zero-order valence-corrected chi connectivity index (χ0v) is 15.0. The topological polar surface area (TPSA) is 85.3 Å². The molecule has 2 aliphatic rings. The first-order chi connectivity index (χ1) is 13.4. The van der Waals surface area contributed by atoms with E-state index in [0.717, 1.165) is 18.4 Å². The highest BCUT2D eigenvalue weighted by Crippen LogP contribution is 2.30. The van der Waals surface area contributed by atoms with Crippen LogP contribution in [0.3, 0.4) is 0 Å². The van der Waals surface area contributed by atoms with Crippen molar-refractivity contribution in [2.45, 2.75) is 32.0 Å². The Labute approximate surface area is 159 Å². The van der Waals surface area contributed by atoms with Gasteiger partial charge in [0.05, 0.1) is 42.9 Å². The van der Waals surface area contributed by atoms with Crippen molar-refractivity contribution in [2.75, 3.05) is 19.7 Å². The van der Waals surface area contributed by atoms with Gasteiger partial charge in [-0.15, -0.1) is 5.10 Å². The lowest BCUT2D eigenvalue weighted by Crippen LogP contribution is -2.44. The van der Waals surface area contributed by atoms with Crippen molar-refractivity contribution in [1.29, 1.82) is 0 Å². The molecule has 2 aromatic heterocycles. The van der Waals surface area contributed by atoms with E-state index < -0.39 is 6.30 Å². The number of alkyl halides is 3. The van der Waals surface area contributed by atoms with Crippen LogP contribution in [0, 0.1) is 0 Å². The number of nitrogens with two attached hydrogens (primary N) is 1. The van der Waals surface area contributed by atoms with Crippen LogP contribution < -0.4 is 5.73 Å². The van der Waals surface area contributed by atoms with E-state index in [4.69, 9.17) is 10.5 Å². The lowest BCUT2D eigenvalue weighted by Gasteiger charge is -2.33. The van der Waals surface area contributed by atoms with Crippen molar-refractivity contribution in [1.82, 2.24) is 29.8 Å². The number of rotatable bonds is 4. The molecule has 150 valence electrons. The molecule has 4 heterocycles. The molecule has 0 aromatic carbocycles. The molecule has 1 saturated heterocycles. The molecular formula is C17H20F3N7O. The van der Waals surface area contributed by atoms with E-state index in [1.54, 1.807) is 6.20 Å². The maximum atomic E-state index is 13.1. The van der Waals surface area contributed by atoms with Crippen LogP contribution >= 0.6 is 0 Å². The summed E-state index contributed by atoms with van der Waals surface area (Å²) < 4.78 is 46.6. The minimum Gasteiger partial charge on any atom is -0.396 e. The minimum absolute atomic E-state index is 0.0498. The zero-order valence-electron chi connectivity index (χ0n) is 15.0. The van der Waals surface area contributed by atoms with Gasteiger partial charge in [0, 0.05) is 32.0 Å². The molecule has 2 aromatic rings. The van der Waals surface area contributed by atoms with E-state index in [9.17, 15) is 13.2 Å². The van der Waals surface area contributed by atoms with Gasteiger partial charge in [0.1, 0.15) is 5.69 Å². The van der Waals surface area contributed by atoms with Gasteiger partial charge >= 0.3 is 6.30 Å². The number of morpholine rings is 1. The quantitative estimate of drug-likeness (QED) is 0.778. The number of aromatic nitrogens is 4. The lowest BCUT2D eigenvalue weighted by atomic mass is 10.2. The molecule has 1 fully saturated rings. The van der Waals surface area contributed by atoms with Gasteiger partial charge in [-0.25, -0.2) is 4.68 Å². The summed E-state index contributed by atoms with van der Waals surface area (Å²) in [5.41, 5.74) is 7.28. The summed E-state index contributed by atoms with van der Waals surface area (Å²) in [6.07, 6.45) is -2.13. The molecule has 0 saturated carbocycles. The van der Waals surface area contributed by atoms with Gasteiger partial charge in [-0.2, -0.15) is 13.2 Å². The molecule has 1 unspecified atom stereocenters. The van der Waals surface area contributed by atoms with Gasteiger partial charge in [-0.1, -0.05) is 11.3 Å². The third-order valence-corrected chi connectivity index (χ3v) is 4.76. The van der Waals surface area contributed by atoms with Crippen molar-refractivity contribution in [3.05, 3.63) is 47.7 Å². The third kappa shape index (κ3) is 3.94. The first-order valence-corrected chi connectivity index (χ1v) is 8.87. The Kier molecular flexibility index (Phi) is 4.94. The second kappa shape index (κ2) is 7.40. The van der Waals surface area contributed by atoms with E-state index in [0.29, 0.717) is 37.6 Å². The summed E-state index contributed by atoms with van der Waals surface area (Å²) in [5.74, 6) is 0. The summed E-state index contributed by atoms with van der Waals surface area (Å²) in [5, 5.41) is 7.96. The molecule has 0 aliphatic carbocycles. The Hall–Kier alpha value is -2.66. The standard InChI is InChI=1S/C17H20F3N7O/c18-17(19,20)26-10-14(21)16-15(11-26)27(24-23-16)9-13-8-25(5-6-28-13)7-12-3-1-2-4-22-12/h1-4,10,13H,5-9,11,21H2. The van der Waals surface area contributed by atoms with Gasteiger partial charge in [-0.3, -0.25) is 14.8 Å². The van der Waals surface area contributed by atoms with Gasteiger partial charge < -0.3 is 10.5 Å². The van der Waals surface area contributed by atoms with Gasteiger partial charge in [-0.05, 0) is 12.1 Å². The van der Waals surface area contributed by atoms with Crippen molar-refractivity contribution < 1.29 is 17.9 Å². The number of halogens is 3. The largest absolute Gasteiger partial charge is 0.484 e. The van der Waals surface area contributed by atoms with Crippen molar-refractivity contribution in [2.24, 2.45) is 5.73 Å². The molecule has 0 bridgehead atoms. The first kappa shape index (κ1) is 18.7. The Morgan fingerprint density at radius 3 is 2.89 bits per heavy atom. The normalized spacial score (nSPS) is 20.8. The minimum atomic E-state index is -4.52. The Balaban J connectivity index is 1.45. The summed E-state index contributed by atoms with van der Waals surface area (Å²) in [6.45, 7) is 2.54. The summed E-state index contributed by atoms with van der Waals surface area (Å²) in [7, 11) is 0. The van der Waals surface area contributed by atoms with Crippen LogP contribution in [-0.2, 0) is 24.4 Å². The average molecular weight is 395 g/mol. The third-order valence-electron chi connectivity index (χ3n) is 4.76. The molecule has 4 rings (SSSR count). The van der Waals surface area contributed by atoms with Gasteiger partial charge in [0.25, 0.3) is 0 Å². The molecule has 1 atom stereocenters. The fourth-order valence-electron chi connectivity index (χ4n) is 3.41. The molecular weight excluding hydrogens is 375 g/mol. The zero-order chi connectivity index (χ0) is 19.7.